The molecule has 5 heteroatoms. The highest BCUT2D eigenvalue weighted by molar-refractivity contribution is 9.10. The van der Waals surface area contributed by atoms with E-state index in [-0.39, 0.29) is 0 Å². The van der Waals surface area contributed by atoms with Gasteiger partial charge in [-0.05, 0) is 34.8 Å². The number of methoxy groups -OCH3 is 1. The molecule has 1 heterocycles. The minimum absolute atomic E-state index is 0.386. The van der Waals surface area contributed by atoms with E-state index >= 15 is 0 Å². The van der Waals surface area contributed by atoms with Crippen LogP contribution in [0.2, 0.25) is 0 Å². The Labute approximate surface area is 130 Å². The minimum Gasteiger partial charge on any atom is -0.383 e. The molecule has 114 valence electrons. The highest BCUT2D eigenvalue weighted by Crippen LogP contribution is 2.35. The summed E-state index contributed by atoms with van der Waals surface area (Å²) >= 11 is 3.66. The van der Waals surface area contributed by atoms with Crippen LogP contribution in [0.4, 0.5) is 0 Å². The molecule has 1 fully saturated rings. The van der Waals surface area contributed by atoms with Crippen molar-refractivity contribution < 1.29 is 4.74 Å². The van der Waals surface area contributed by atoms with Gasteiger partial charge in [0.15, 0.2) is 0 Å². The summed E-state index contributed by atoms with van der Waals surface area (Å²) in [5, 5.41) is 8.12. The molecule has 1 N–H and O–H groups in total. The summed E-state index contributed by atoms with van der Waals surface area (Å²) in [6, 6.07) is 0.386. The molecule has 20 heavy (non-hydrogen) atoms. The Bertz CT molecular complexity index is 402. The van der Waals surface area contributed by atoms with Gasteiger partial charge in [-0.1, -0.05) is 32.6 Å². The fourth-order valence-corrected chi connectivity index (χ4v) is 3.76. The Morgan fingerprint density at radius 3 is 2.90 bits per heavy atom. The molecule has 1 atom stereocenters. The highest BCUT2D eigenvalue weighted by atomic mass is 79.9. The molecule has 1 aromatic heterocycles. The Morgan fingerprint density at radius 1 is 1.50 bits per heavy atom. The van der Waals surface area contributed by atoms with Gasteiger partial charge in [-0.15, -0.1) is 0 Å². The van der Waals surface area contributed by atoms with Crippen molar-refractivity contribution in [2.24, 2.45) is 5.92 Å². The highest BCUT2D eigenvalue weighted by Gasteiger charge is 2.25. The first kappa shape index (κ1) is 16.0. The Balaban J connectivity index is 2.11. The number of nitrogens with one attached hydrogen (secondary N) is 1. The fourth-order valence-electron chi connectivity index (χ4n) is 3.19. The van der Waals surface area contributed by atoms with Crippen LogP contribution < -0.4 is 5.32 Å². The lowest BCUT2D eigenvalue weighted by Crippen LogP contribution is -2.26. The second kappa shape index (κ2) is 8.15. The maximum absolute atomic E-state index is 5.19. The number of halogens is 1. The van der Waals surface area contributed by atoms with E-state index in [1.165, 1.54) is 37.8 Å². The molecule has 1 unspecified atom stereocenters. The predicted octanol–water partition coefficient (Wildman–Crippen LogP) is 3.52. The lowest BCUT2D eigenvalue weighted by atomic mass is 9.96. The zero-order valence-corrected chi connectivity index (χ0v) is 14.2. The molecule has 0 aliphatic heterocycles. The van der Waals surface area contributed by atoms with Crippen molar-refractivity contribution in [2.45, 2.75) is 51.6 Å². The van der Waals surface area contributed by atoms with E-state index in [1.807, 2.05) is 6.20 Å². The molecular formula is C15H26BrN3O. The van der Waals surface area contributed by atoms with Crippen LogP contribution in [0.3, 0.4) is 0 Å². The van der Waals surface area contributed by atoms with E-state index < -0.39 is 0 Å². The number of ether oxygens (including phenoxy) is 1. The molecule has 1 aromatic rings. The minimum atomic E-state index is 0.386. The van der Waals surface area contributed by atoms with Gasteiger partial charge in [-0.3, -0.25) is 4.68 Å². The van der Waals surface area contributed by atoms with Crippen molar-refractivity contribution in [3.8, 4) is 0 Å². The molecule has 0 amide bonds. The molecule has 4 nitrogen and oxygen atoms in total. The Morgan fingerprint density at radius 2 is 2.25 bits per heavy atom. The van der Waals surface area contributed by atoms with Crippen LogP contribution in [-0.4, -0.2) is 30.0 Å². The van der Waals surface area contributed by atoms with E-state index in [0.717, 1.165) is 23.5 Å². The molecule has 2 rings (SSSR count). The topological polar surface area (TPSA) is 39.1 Å². The molecule has 0 radical (unpaired) electrons. The second-order valence-electron chi connectivity index (χ2n) is 5.59. The largest absolute Gasteiger partial charge is 0.383 e. The SMILES string of the molecule is CCNC(CC1CCCC1)c1c(Br)cnn1CCOC. The fraction of sp³-hybridized carbons (Fsp3) is 0.800. The zero-order chi connectivity index (χ0) is 14.4. The summed E-state index contributed by atoms with van der Waals surface area (Å²) in [5.74, 6) is 0.858. The lowest BCUT2D eigenvalue weighted by molar-refractivity contribution is 0.181. The van der Waals surface area contributed by atoms with Gasteiger partial charge < -0.3 is 10.1 Å². The van der Waals surface area contributed by atoms with E-state index in [1.54, 1.807) is 7.11 Å². The molecule has 0 saturated heterocycles. The average Bonchev–Trinajstić information content (AvgIpc) is 3.06. The van der Waals surface area contributed by atoms with Crippen LogP contribution in [0.1, 0.15) is 50.8 Å². The third-order valence-electron chi connectivity index (χ3n) is 4.16. The first-order chi connectivity index (χ1) is 9.76. The third kappa shape index (κ3) is 4.06. The first-order valence-corrected chi connectivity index (χ1v) is 8.49. The molecule has 0 aromatic carbocycles. The maximum atomic E-state index is 5.19. The van der Waals surface area contributed by atoms with E-state index in [9.17, 15) is 0 Å². The summed E-state index contributed by atoms with van der Waals surface area (Å²) in [5.41, 5.74) is 1.27. The van der Waals surface area contributed by atoms with Crippen LogP contribution >= 0.6 is 15.9 Å². The maximum Gasteiger partial charge on any atom is 0.0696 e. The smallest absolute Gasteiger partial charge is 0.0696 e. The van der Waals surface area contributed by atoms with Crippen LogP contribution in [0.5, 0.6) is 0 Å². The number of hydrogen-bond acceptors (Lipinski definition) is 3. The van der Waals surface area contributed by atoms with Gasteiger partial charge in [0.1, 0.15) is 0 Å². The van der Waals surface area contributed by atoms with Crippen LogP contribution in [0.15, 0.2) is 10.7 Å². The number of aromatic nitrogens is 2. The predicted molar refractivity (Wildman–Crippen MR) is 84.8 cm³/mol. The van der Waals surface area contributed by atoms with Crippen LogP contribution in [0.25, 0.3) is 0 Å². The van der Waals surface area contributed by atoms with E-state index in [2.05, 4.69) is 38.0 Å². The molecule has 1 aliphatic carbocycles. The number of rotatable bonds is 8. The second-order valence-corrected chi connectivity index (χ2v) is 6.44. The monoisotopic (exact) mass is 343 g/mol. The summed E-state index contributed by atoms with van der Waals surface area (Å²) in [6.07, 6.45) is 8.67. The summed E-state index contributed by atoms with van der Waals surface area (Å²) in [4.78, 5) is 0. The van der Waals surface area contributed by atoms with Crippen molar-refractivity contribution in [1.82, 2.24) is 15.1 Å². The summed E-state index contributed by atoms with van der Waals surface area (Å²) in [6.45, 7) is 4.66. The van der Waals surface area contributed by atoms with Gasteiger partial charge in [-0.2, -0.15) is 5.10 Å². The van der Waals surface area contributed by atoms with Gasteiger partial charge in [0.05, 0.1) is 35.6 Å². The zero-order valence-electron chi connectivity index (χ0n) is 12.6. The number of nitrogens with zero attached hydrogens (tertiary/aromatic N) is 2. The lowest BCUT2D eigenvalue weighted by Gasteiger charge is -2.23. The molecular weight excluding hydrogens is 318 g/mol. The van der Waals surface area contributed by atoms with E-state index in [4.69, 9.17) is 4.74 Å². The van der Waals surface area contributed by atoms with Gasteiger partial charge in [0.2, 0.25) is 0 Å². The van der Waals surface area contributed by atoms with Crippen molar-refractivity contribution in [3.05, 3.63) is 16.4 Å². The van der Waals surface area contributed by atoms with Crippen LogP contribution in [-0.2, 0) is 11.3 Å². The van der Waals surface area contributed by atoms with E-state index in [0.29, 0.717) is 12.6 Å². The van der Waals surface area contributed by atoms with Crippen molar-refractivity contribution in [1.29, 1.82) is 0 Å². The molecule has 0 spiro atoms. The Kier molecular flexibility index (Phi) is 6.52. The van der Waals surface area contributed by atoms with Gasteiger partial charge in [0, 0.05) is 7.11 Å². The third-order valence-corrected chi connectivity index (χ3v) is 4.78. The molecule has 1 aliphatic rings. The standard InChI is InChI=1S/C15H26BrN3O/c1-3-17-14(10-12-6-4-5-7-12)15-13(16)11-18-19(15)8-9-20-2/h11-12,14,17H,3-10H2,1-2H3. The van der Waals surface area contributed by atoms with Gasteiger partial charge in [0.25, 0.3) is 0 Å². The van der Waals surface area contributed by atoms with Crippen molar-refractivity contribution in [3.63, 3.8) is 0 Å². The van der Waals surface area contributed by atoms with Crippen LogP contribution in [0, 0.1) is 5.92 Å². The van der Waals surface area contributed by atoms with Gasteiger partial charge >= 0.3 is 0 Å². The van der Waals surface area contributed by atoms with Crippen molar-refractivity contribution in [2.75, 3.05) is 20.3 Å². The molecule has 1 saturated carbocycles. The Hall–Kier alpha value is -0.390. The summed E-state index contributed by atoms with van der Waals surface area (Å²) in [7, 11) is 1.73. The normalized spacial score (nSPS) is 17.8. The number of hydrogen-bond donors (Lipinski definition) is 1. The van der Waals surface area contributed by atoms with Crippen molar-refractivity contribution >= 4 is 15.9 Å². The first-order valence-electron chi connectivity index (χ1n) is 7.69. The summed E-state index contributed by atoms with van der Waals surface area (Å²) < 4.78 is 8.37. The quantitative estimate of drug-likeness (QED) is 0.784. The average molecular weight is 344 g/mol. The van der Waals surface area contributed by atoms with Gasteiger partial charge in [-0.25, -0.2) is 0 Å². The molecule has 0 bridgehead atoms.